The van der Waals surface area contributed by atoms with E-state index < -0.39 is 0 Å². The maximum Gasteiger partial charge on any atom is 0.225 e. The minimum Gasteiger partial charge on any atom is -0.324 e. The number of rotatable bonds is 4. The number of pyridine rings is 1. The molecule has 0 spiro atoms. The van der Waals surface area contributed by atoms with Crippen molar-refractivity contribution >= 4 is 34.3 Å². The maximum absolute atomic E-state index is 11.7. The molecule has 0 aliphatic heterocycles. The van der Waals surface area contributed by atoms with Gasteiger partial charge in [-0.3, -0.25) is 9.78 Å². The summed E-state index contributed by atoms with van der Waals surface area (Å²) < 4.78 is 0. The highest BCUT2D eigenvalue weighted by Crippen LogP contribution is 2.20. The molecule has 17 heavy (non-hydrogen) atoms. The number of fused-ring (bicyclic) bond motifs is 1. The average Bonchev–Trinajstić information content (AvgIpc) is 2.37. The van der Waals surface area contributed by atoms with Gasteiger partial charge >= 0.3 is 0 Å². The third-order valence-corrected chi connectivity index (χ3v) is 3.05. The number of carbonyl (C=O) groups excluding carboxylic acids is 1. The summed E-state index contributed by atoms with van der Waals surface area (Å²) in [6.45, 7) is 0. The molecule has 0 radical (unpaired) electrons. The summed E-state index contributed by atoms with van der Waals surface area (Å²) in [6.07, 6.45) is 4.26. The zero-order valence-electron chi connectivity index (χ0n) is 9.64. The lowest BCUT2D eigenvalue weighted by molar-refractivity contribution is -0.115. The Labute approximate surface area is 105 Å². The molecule has 2 aromatic rings. The van der Waals surface area contributed by atoms with Crippen molar-refractivity contribution in [2.75, 3.05) is 17.3 Å². The number of nitrogens with one attached hydrogen (secondary N) is 1. The number of aromatic nitrogens is 1. The standard InChI is InChI=1S/C13H14N2OS/c1-17-9-7-12(16)15-11-6-2-4-10-5-3-8-14-13(10)11/h2-6,8H,7,9H2,1H3,(H,15,16). The number of hydrogen-bond donors (Lipinski definition) is 1. The lowest BCUT2D eigenvalue weighted by atomic mass is 10.2. The number of thioether (sulfide) groups is 1. The lowest BCUT2D eigenvalue weighted by Crippen LogP contribution is -2.12. The Balaban J connectivity index is 2.21. The maximum atomic E-state index is 11.7. The molecule has 0 saturated heterocycles. The van der Waals surface area contributed by atoms with Crippen molar-refractivity contribution in [2.24, 2.45) is 0 Å². The van der Waals surface area contributed by atoms with E-state index in [9.17, 15) is 4.79 Å². The van der Waals surface area contributed by atoms with Gasteiger partial charge < -0.3 is 5.32 Å². The quantitative estimate of drug-likeness (QED) is 0.902. The van der Waals surface area contributed by atoms with Gasteiger partial charge in [-0.25, -0.2) is 0 Å². The van der Waals surface area contributed by atoms with E-state index in [1.54, 1.807) is 18.0 Å². The van der Waals surface area contributed by atoms with Crippen LogP contribution >= 0.6 is 11.8 Å². The predicted octanol–water partition coefficient (Wildman–Crippen LogP) is 2.93. The molecular formula is C13H14N2OS. The van der Waals surface area contributed by atoms with Crippen LogP contribution in [-0.4, -0.2) is 22.9 Å². The van der Waals surface area contributed by atoms with Gasteiger partial charge in [-0.15, -0.1) is 0 Å². The van der Waals surface area contributed by atoms with Crippen LogP contribution in [0.25, 0.3) is 10.9 Å². The van der Waals surface area contributed by atoms with Crippen LogP contribution in [0.15, 0.2) is 36.5 Å². The number of nitrogens with zero attached hydrogens (tertiary/aromatic N) is 1. The van der Waals surface area contributed by atoms with E-state index in [1.165, 1.54) is 0 Å². The Kier molecular flexibility index (Phi) is 3.98. The van der Waals surface area contributed by atoms with Gasteiger partial charge in [-0.2, -0.15) is 11.8 Å². The van der Waals surface area contributed by atoms with E-state index in [0.717, 1.165) is 22.3 Å². The van der Waals surface area contributed by atoms with Gasteiger partial charge in [-0.05, 0) is 18.4 Å². The highest BCUT2D eigenvalue weighted by atomic mass is 32.2. The van der Waals surface area contributed by atoms with Crippen molar-refractivity contribution in [1.82, 2.24) is 4.98 Å². The van der Waals surface area contributed by atoms with Crippen LogP contribution in [0.3, 0.4) is 0 Å². The summed E-state index contributed by atoms with van der Waals surface area (Å²) in [5, 5.41) is 3.94. The molecule has 1 aromatic carbocycles. The van der Waals surface area contributed by atoms with Gasteiger partial charge in [0.1, 0.15) is 0 Å². The first kappa shape index (κ1) is 11.9. The molecule has 2 rings (SSSR count). The molecule has 1 aromatic heterocycles. The number of amides is 1. The molecule has 0 fully saturated rings. The third-order valence-electron chi connectivity index (χ3n) is 2.44. The molecule has 0 bridgehead atoms. The Hall–Kier alpha value is -1.55. The molecule has 88 valence electrons. The summed E-state index contributed by atoms with van der Waals surface area (Å²) >= 11 is 1.67. The van der Waals surface area contributed by atoms with Crippen LogP contribution in [-0.2, 0) is 4.79 Å². The summed E-state index contributed by atoms with van der Waals surface area (Å²) in [6, 6.07) is 9.67. The monoisotopic (exact) mass is 246 g/mol. The minimum atomic E-state index is 0.0394. The Morgan fingerprint density at radius 2 is 2.18 bits per heavy atom. The zero-order chi connectivity index (χ0) is 12.1. The largest absolute Gasteiger partial charge is 0.324 e. The minimum absolute atomic E-state index is 0.0394. The molecule has 3 nitrogen and oxygen atoms in total. The fourth-order valence-corrected chi connectivity index (χ4v) is 2.00. The van der Waals surface area contributed by atoms with Gasteiger partial charge in [0.15, 0.2) is 0 Å². The fraction of sp³-hybridized carbons (Fsp3) is 0.231. The zero-order valence-corrected chi connectivity index (χ0v) is 10.5. The van der Waals surface area contributed by atoms with Gasteiger partial charge in [0.25, 0.3) is 0 Å². The molecule has 4 heteroatoms. The van der Waals surface area contributed by atoms with Crippen molar-refractivity contribution in [3.8, 4) is 0 Å². The van der Waals surface area contributed by atoms with E-state index >= 15 is 0 Å². The highest BCUT2D eigenvalue weighted by molar-refractivity contribution is 7.98. The molecule has 0 aliphatic carbocycles. The fourth-order valence-electron chi connectivity index (χ4n) is 1.61. The van der Waals surface area contributed by atoms with Gasteiger partial charge in [-0.1, -0.05) is 18.2 Å². The summed E-state index contributed by atoms with van der Waals surface area (Å²) in [7, 11) is 0. The van der Waals surface area contributed by atoms with Crippen molar-refractivity contribution in [3.63, 3.8) is 0 Å². The van der Waals surface area contributed by atoms with Gasteiger partial charge in [0.05, 0.1) is 11.2 Å². The van der Waals surface area contributed by atoms with Crippen molar-refractivity contribution in [3.05, 3.63) is 36.5 Å². The molecular weight excluding hydrogens is 232 g/mol. The van der Waals surface area contributed by atoms with Crippen LogP contribution in [0.5, 0.6) is 0 Å². The van der Waals surface area contributed by atoms with E-state index in [2.05, 4.69) is 10.3 Å². The Bertz CT molecular complexity index is 522. The summed E-state index contributed by atoms with van der Waals surface area (Å²) in [5.74, 6) is 0.877. The van der Waals surface area contributed by atoms with Crippen molar-refractivity contribution in [1.29, 1.82) is 0 Å². The molecule has 0 saturated carbocycles. The SMILES string of the molecule is CSCCC(=O)Nc1cccc2cccnc12. The lowest BCUT2D eigenvalue weighted by Gasteiger charge is -2.07. The second kappa shape index (κ2) is 5.68. The number of anilines is 1. The van der Waals surface area contributed by atoms with E-state index in [4.69, 9.17) is 0 Å². The molecule has 0 aliphatic rings. The first-order valence-electron chi connectivity index (χ1n) is 5.44. The second-order valence-corrected chi connectivity index (χ2v) is 4.66. The molecule has 0 atom stereocenters. The van der Waals surface area contributed by atoms with Crippen LogP contribution in [0.2, 0.25) is 0 Å². The number of para-hydroxylation sites is 1. The Morgan fingerprint density at radius 3 is 3.00 bits per heavy atom. The Morgan fingerprint density at radius 1 is 1.35 bits per heavy atom. The van der Waals surface area contributed by atoms with Crippen LogP contribution in [0.1, 0.15) is 6.42 Å². The number of benzene rings is 1. The molecule has 0 unspecified atom stereocenters. The predicted molar refractivity (Wildman–Crippen MR) is 73.4 cm³/mol. The normalized spacial score (nSPS) is 10.4. The van der Waals surface area contributed by atoms with E-state index in [1.807, 2.05) is 36.6 Å². The van der Waals surface area contributed by atoms with Crippen molar-refractivity contribution < 1.29 is 4.79 Å². The van der Waals surface area contributed by atoms with E-state index in [0.29, 0.717) is 6.42 Å². The second-order valence-electron chi connectivity index (χ2n) is 3.67. The average molecular weight is 246 g/mol. The van der Waals surface area contributed by atoms with Crippen LogP contribution in [0, 0.1) is 0 Å². The molecule has 1 amide bonds. The first-order chi connectivity index (χ1) is 8.31. The van der Waals surface area contributed by atoms with E-state index in [-0.39, 0.29) is 5.91 Å². The van der Waals surface area contributed by atoms with Crippen LogP contribution < -0.4 is 5.32 Å². The number of carbonyl (C=O) groups is 1. The summed E-state index contributed by atoms with van der Waals surface area (Å²) in [4.78, 5) is 16.0. The highest BCUT2D eigenvalue weighted by Gasteiger charge is 2.05. The topological polar surface area (TPSA) is 42.0 Å². The van der Waals surface area contributed by atoms with Gasteiger partial charge in [0, 0.05) is 23.8 Å². The molecule has 1 N–H and O–H groups in total. The van der Waals surface area contributed by atoms with Crippen LogP contribution in [0.4, 0.5) is 5.69 Å². The third kappa shape index (κ3) is 2.97. The number of hydrogen-bond acceptors (Lipinski definition) is 3. The van der Waals surface area contributed by atoms with Crippen molar-refractivity contribution in [2.45, 2.75) is 6.42 Å². The first-order valence-corrected chi connectivity index (χ1v) is 6.83. The summed E-state index contributed by atoms with van der Waals surface area (Å²) in [5.41, 5.74) is 1.63. The smallest absolute Gasteiger partial charge is 0.225 e. The van der Waals surface area contributed by atoms with Gasteiger partial charge in [0.2, 0.25) is 5.91 Å². The molecule has 1 heterocycles.